The summed E-state index contributed by atoms with van der Waals surface area (Å²) in [6.07, 6.45) is 1.49. The fourth-order valence-corrected chi connectivity index (χ4v) is 4.06. The van der Waals surface area contributed by atoms with E-state index in [4.69, 9.17) is 21.3 Å². The van der Waals surface area contributed by atoms with Gasteiger partial charge in [0.25, 0.3) is 5.91 Å². The van der Waals surface area contributed by atoms with E-state index in [1.807, 2.05) is 74.5 Å². The summed E-state index contributed by atoms with van der Waals surface area (Å²) in [5, 5.41) is 3.78. The Morgan fingerprint density at radius 2 is 1.73 bits per heavy atom. The van der Waals surface area contributed by atoms with Crippen LogP contribution >= 0.6 is 11.6 Å². The summed E-state index contributed by atoms with van der Waals surface area (Å²) in [4.78, 5) is 17.2. The Kier molecular flexibility index (Phi) is 7.30. The summed E-state index contributed by atoms with van der Waals surface area (Å²) >= 11 is 6.26. The van der Waals surface area contributed by atoms with Gasteiger partial charge >= 0.3 is 0 Å². The van der Waals surface area contributed by atoms with Crippen molar-refractivity contribution in [3.63, 3.8) is 0 Å². The molecule has 1 heterocycles. The van der Waals surface area contributed by atoms with Gasteiger partial charge in [0, 0.05) is 30.1 Å². The first-order valence-electron chi connectivity index (χ1n) is 11.2. The highest BCUT2D eigenvalue weighted by Gasteiger charge is 2.12. The summed E-state index contributed by atoms with van der Waals surface area (Å²) in [5.74, 6) is 1.73. The molecule has 1 aromatic heterocycles. The first kappa shape index (κ1) is 22.9. The third-order valence-corrected chi connectivity index (χ3v) is 6.20. The Labute approximate surface area is 199 Å². The topological polar surface area (TPSA) is 56.1 Å². The number of carbonyl (C=O) groups is 1. The van der Waals surface area contributed by atoms with Gasteiger partial charge in [0.2, 0.25) is 0 Å². The number of halogens is 1. The average molecular weight is 462 g/mol. The number of ether oxygens (including phenoxy) is 1. The number of nitrogens with zero attached hydrogens (tertiary/aromatic N) is 2. The van der Waals surface area contributed by atoms with Crippen molar-refractivity contribution in [2.24, 2.45) is 0 Å². The maximum absolute atomic E-state index is 12.3. The van der Waals surface area contributed by atoms with E-state index in [2.05, 4.69) is 16.0 Å². The van der Waals surface area contributed by atoms with Crippen LogP contribution in [0.5, 0.6) is 5.75 Å². The second kappa shape index (κ2) is 10.5. The zero-order chi connectivity index (χ0) is 23.2. The monoisotopic (exact) mass is 461 g/mol. The van der Waals surface area contributed by atoms with Crippen LogP contribution in [0.4, 0.5) is 0 Å². The molecule has 0 spiro atoms. The summed E-state index contributed by atoms with van der Waals surface area (Å²) in [6, 6.07) is 21.3. The Hall–Kier alpha value is -3.31. The number of amides is 1. The van der Waals surface area contributed by atoms with E-state index in [0.29, 0.717) is 25.1 Å². The summed E-state index contributed by atoms with van der Waals surface area (Å²) in [5.41, 5.74) is 4.77. The van der Waals surface area contributed by atoms with Crippen molar-refractivity contribution in [3.05, 3.63) is 94.3 Å². The number of rotatable bonds is 9. The molecule has 0 unspecified atom stereocenters. The van der Waals surface area contributed by atoms with Gasteiger partial charge in [-0.25, -0.2) is 4.98 Å². The van der Waals surface area contributed by atoms with Gasteiger partial charge in [-0.2, -0.15) is 0 Å². The number of nitrogens with one attached hydrogen (secondary N) is 1. The van der Waals surface area contributed by atoms with Crippen LogP contribution in [0.25, 0.3) is 11.0 Å². The SMILES string of the molecule is Cc1cc(OCCCn2c(CCNC(=O)c3ccccc3)nc3ccccc32)cc(C)c1Cl. The molecule has 0 bridgehead atoms. The van der Waals surface area contributed by atoms with Gasteiger partial charge in [-0.05, 0) is 67.8 Å². The predicted molar refractivity (Wildman–Crippen MR) is 133 cm³/mol. The van der Waals surface area contributed by atoms with Gasteiger partial charge in [0.15, 0.2) is 0 Å². The number of imidazole rings is 1. The van der Waals surface area contributed by atoms with Crippen LogP contribution < -0.4 is 10.1 Å². The smallest absolute Gasteiger partial charge is 0.251 e. The van der Waals surface area contributed by atoms with Crippen molar-refractivity contribution >= 4 is 28.5 Å². The van der Waals surface area contributed by atoms with Crippen molar-refractivity contribution in [3.8, 4) is 5.75 Å². The van der Waals surface area contributed by atoms with Crippen LogP contribution in [0, 0.1) is 13.8 Å². The molecule has 5 nitrogen and oxygen atoms in total. The third-order valence-electron chi connectivity index (χ3n) is 5.61. The molecule has 33 heavy (non-hydrogen) atoms. The molecule has 1 N–H and O–H groups in total. The van der Waals surface area contributed by atoms with E-state index >= 15 is 0 Å². The number of hydrogen-bond donors (Lipinski definition) is 1. The quantitative estimate of drug-likeness (QED) is 0.323. The number of hydrogen-bond acceptors (Lipinski definition) is 3. The van der Waals surface area contributed by atoms with Gasteiger partial charge in [0.05, 0.1) is 17.6 Å². The number of aromatic nitrogens is 2. The van der Waals surface area contributed by atoms with Gasteiger partial charge < -0.3 is 14.6 Å². The van der Waals surface area contributed by atoms with Crippen molar-refractivity contribution < 1.29 is 9.53 Å². The molecule has 0 aliphatic heterocycles. The highest BCUT2D eigenvalue weighted by Crippen LogP contribution is 2.26. The minimum absolute atomic E-state index is 0.0692. The lowest BCUT2D eigenvalue weighted by Crippen LogP contribution is -2.26. The Balaban J connectivity index is 1.38. The highest BCUT2D eigenvalue weighted by atomic mass is 35.5. The average Bonchev–Trinajstić information content (AvgIpc) is 3.18. The zero-order valence-electron chi connectivity index (χ0n) is 19.0. The minimum atomic E-state index is -0.0692. The molecule has 6 heteroatoms. The molecule has 0 atom stereocenters. The van der Waals surface area contributed by atoms with Crippen LogP contribution in [0.1, 0.15) is 33.7 Å². The molecule has 0 radical (unpaired) electrons. The standard InChI is InChI=1S/C27H28ClN3O2/c1-19-17-22(18-20(2)26(19)28)33-16-8-15-31-24-12-7-6-11-23(24)30-25(31)13-14-29-27(32)21-9-4-3-5-10-21/h3-7,9-12,17-18H,8,13-16H2,1-2H3,(H,29,32). The first-order valence-corrected chi connectivity index (χ1v) is 11.6. The van der Waals surface area contributed by atoms with E-state index in [0.717, 1.165) is 51.7 Å². The molecule has 0 fully saturated rings. The number of para-hydroxylation sites is 2. The van der Waals surface area contributed by atoms with E-state index in [1.165, 1.54) is 0 Å². The number of aryl methyl sites for hydroxylation is 3. The van der Waals surface area contributed by atoms with Crippen molar-refractivity contribution in [2.75, 3.05) is 13.2 Å². The summed E-state index contributed by atoms with van der Waals surface area (Å²) < 4.78 is 8.21. The van der Waals surface area contributed by atoms with Crippen molar-refractivity contribution in [1.82, 2.24) is 14.9 Å². The van der Waals surface area contributed by atoms with E-state index in [1.54, 1.807) is 0 Å². The first-order chi connectivity index (χ1) is 16.0. The highest BCUT2D eigenvalue weighted by molar-refractivity contribution is 6.32. The molecule has 0 aliphatic rings. The van der Waals surface area contributed by atoms with Crippen molar-refractivity contribution in [1.29, 1.82) is 0 Å². The van der Waals surface area contributed by atoms with Crippen LogP contribution in [0.3, 0.4) is 0 Å². The van der Waals surface area contributed by atoms with Crippen LogP contribution in [0.15, 0.2) is 66.7 Å². The lowest BCUT2D eigenvalue weighted by molar-refractivity contribution is 0.0954. The van der Waals surface area contributed by atoms with E-state index in [9.17, 15) is 4.79 Å². The van der Waals surface area contributed by atoms with Gasteiger partial charge in [-0.1, -0.05) is 41.9 Å². The molecule has 1 amide bonds. The third kappa shape index (κ3) is 5.55. The number of carbonyl (C=O) groups excluding carboxylic acids is 1. The van der Waals surface area contributed by atoms with Gasteiger partial charge in [-0.15, -0.1) is 0 Å². The van der Waals surface area contributed by atoms with Crippen molar-refractivity contribution in [2.45, 2.75) is 33.2 Å². The number of benzene rings is 3. The maximum Gasteiger partial charge on any atom is 0.251 e. The molecule has 4 rings (SSSR count). The minimum Gasteiger partial charge on any atom is -0.494 e. The summed E-state index contributed by atoms with van der Waals surface area (Å²) in [7, 11) is 0. The Morgan fingerprint density at radius 3 is 2.48 bits per heavy atom. The van der Waals surface area contributed by atoms with Crippen LogP contribution in [-0.4, -0.2) is 28.6 Å². The Morgan fingerprint density at radius 1 is 1.03 bits per heavy atom. The molecule has 170 valence electrons. The lowest BCUT2D eigenvalue weighted by atomic mass is 10.1. The zero-order valence-corrected chi connectivity index (χ0v) is 19.7. The molecular weight excluding hydrogens is 434 g/mol. The fraction of sp³-hybridized carbons (Fsp3) is 0.259. The van der Waals surface area contributed by atoms with Crippen LogP contribution in [-0.2, 0) is 13.0 Å². The molecule has 0 aliphatic carbocycles. The molecule has 3 aromatic carbocycles. The Bertz CT molecular complexity index is 1230. The second-order valence-electron chi connectivity index (χ2n) is 8.11. The van der Waals surface area contributed by atoms with Crippen LogP contribution in [0.2, 0.25) is 5.02 Å². The normalized spacial score (nSPS) is 11.0. The van der Waals surface area contributed by atoms with Gasteiger partial charge in [-0.3, -0.25) is 4.79 Å². The largest absolute Gasteiger partial charge is 0.494 e. The molecular formula is C27H28ClN3O2. The van der Waals surface area contributed by atoms with E-state index in [-0.39, 0.29) is 5.91 Å². The fourth-order valence-electron chi connectivity index (χ4n) is 3.95. The van der Waals surface area contributed by atoms with Gasteiger partial charge in [0.1, 0.15) is 11.6 Å². The summed E-state index contributed by atoms with van der Waals surface area (Å²) in [6.45, 7) is 5.88. The van der Waals surface area contributed by atoms with E-state index < -0.39 is 0 Å². The molecule has 4 aromatic rings. The lowest BCUT2D eigenvalue weighted by Gasteiger charge is -2.12. The number of fused-ring (bicyclic) bond motifs is 1. The molecule has 0 saturated carbocycles. The molecule has 0 saturated heterocycles. The second-order valence-corrected chi connectivity index (χ2v) is 8.49. The predicted octanol–water partition coefficient (Wildman–Crippen LogP) is 5.75. The maximum atomic E-state index is 12.3.